The summed E-state index contributed by atoms with van der Waals surface area (Å²) < 4.78 is 22.9. The van der Waals surface area contributed by atoms with Crippen LogP contribution in [0.1, 0.15) is 27.0 Å². The zero-order valence-corrected chi connectivity index (χ0v) is 19.7. The normalized spacial score (nSPS) is 13.4. The minimum atomic E-state index is -0.490. The third-order valence-corrected chi connectivity index (χ3v) is 5.51. The predicted octanol–water partition coefficient (Wildman–Crippen LogP) is 5.50. The molecule has 6 nitrogen and oxygen atoms in total. The molecule has 1 aliphatic heterocycles. The Balaban J connectivity index is 1.45. The zero-order chi connectivity index (χ0) is 23.4. The molecule has 33 heavy (non-hydrogen) atoms. The van der Waals surface area contributed by atoms with Crippen molar-refractivity contribution in [1.29, 1.82) is 0 Å². The van der Waals surface area contributed by atoms with Crippen molar-refractivity contribution in [2.45, 2.75) is 13.5 Å². The molecule has 0 radical (unpaired) electrons. The number of carbonyl (C=O) groups is 2. The van der Waals surface area contributed by atoms with Crippen LogP contribution in [0, 0.1) is 6.92 Å². The predicted molar refractivity (Wildman–Crippen MR) is 127 cm³/mol. The molecule has 0 amide bonds. The van der Waals surface area contributed by atoms with E-state index in [4.69, 9.17) is 18.9 Å². The van der Waals surface area contributed by atoms with Gasteiger partial charge in [-0.05, 0) is 48.4 Å². The van der Waals surface area contributed by atoms with Crippen LogP contribution in [0.2, 0.25) is 0 Å². The number of hydrogen-bond donors (Lipinski definition) is 0. The molecule has 1 aliphatic rings. The van der Waals surface area contributed by atoms with E-state index in [9.17, 15) is 9.59 Å². The van der Waals surface area contributed by atoms with Gasteiger partial charge in [0.1, 0.15) is 23.9 Å². The molecule has 0 bridgehead atoms. The Hall–Kier alpha value is -3.58. The van der Waals surface area contributed by atoms with Gasteiger partial charge >= 0.3 is 5.97 Å². The van der Waals surface area contributed by atoms with Crippen LogP contribution in [0.3, 0.4) is 0 Å². The number of ether oxygens (including phenoxy) is 4. The van der Waals surface area contributed by atoms with Gasteiger partial charge in [0.15, 0.2) is 12.4 Å². The molecule has 3 aromatic carbocycles. The number of halogens is 1. The smallest absolute Gasteiger partial charge is 0.344 e. The average Bonchev–Trinajstić information content (AvgIpc) is 3.12. The van der Waals surface area contributed by atoms with E-state index in [2.05, 4.69) is 15.9 Å². The molecule has 3 aromatic rings. The molecule has 4 rings (SSSR count). The number of carbonyl (C=O) groups excluding carboxylic acids is 2. The summed E-state index contributed by atoms with van der Waals surface area (Å²) in [5.74, 6) is 0.885. The molecule has 0 saturated carbocycles. The van der Waals surface area contributed by atoms with E-state index in [0.717, 1.165) is 10.0 Å². The molecule has 0 saturated heterocycles. The van der Waals surface area contributed by atoms with Crippen molar-refractivity contribution in [2.75, 3.05) is 13.7 Å². The van der Waals surface area contributed by atoms with Gasteiger partial charge in [-0.25, -0.2) is 4.79 Å². The molecule has 168 valence electrons. The largest absolute Gasteiger partial charge is 0.496 e. The first-order chi connectivity index (χ1) is 15.9. The van der Waals surface area contributed by atoms with Crippen LogP contribution < -0.4 is 14.2 Å². The Kier molecular flexibility index (Phi) is 6.79. The highest BCUT2D eigenvalue weighted by Gasteiger charge is 2.30. The highest BCUT2D eigenvalue weighted by atomic mass is 79.9. The van der Waals surface area contributed by atoms with Gasteiger partial charge in [-0.15, -0.1) is 0 Å². The second-order valence-corrected chi connectivity index (χ2v) is 8.29. The summed E-state index contributed by atoms with van der Waals surface area (Å²) in [5, 5.41) is 0. The topological polar surface area (TPSA) is 71.1 Å². The van der Waals surface area contributed by atoms with Crippen LogP contribution in [0.5, 0.6) is 17.2 Å². The van der Waals surface area contributed by atoms with Crippen molar-refractivity contribution in [2.24, 2.45) is 0 Å². The number of ketones is 1. The number of methoxy groups -OCH3 is 1. The van der Waals surface area contributed by atoms with E-state index in [0.29, 0.717) is 33.9 Å². The molecule has 0 aromatic heterocycles. The summed E-state index contributed by atoms with van der Waals surface area (Å²) in [6.07, 6.45) is 1.65. The Morgan fingerprint density at radius 3 is 2.64 bits per heavy atom. The highest BCUT2D eigenvalue weighted by molar-refractivity contribution is 9.10. The first kappa shape index (κ1) is 22.6. The van der Waals surface area contributed by atoms with Crippen molar-refractivity contribution >= 4 is 33.8 Å². The lowest BCUT2D eigenvalue weighted by Crippen LogP contribution is -2.14. The van der Waals surface area contributed by atoms with Crippen molar-refractivity contribution in [3.8, 4) is 17.2 Å². The minimum Gasteiger partial charge on any atom is -0.496 e. The number of allylic oxidation sites excluding steroid dienone is 1. The number of fused-ring (bicyclic) bond motifs is 1. The van der Waals surface area contributed by atoms with Gasteiger partial charge in [-0.1, -0.05) is 46.3 Å². The second-order valence-electron chi connectivity index (χ2n) is 7.37. The quantitative estimate of drug-likeness (QED) is 0.309. The van der Waals surface area contributed by atoms with Gasteiger partial charge in [-0.2, -0.15) is 0 Å². The Bertz CT molecular complexity index is 1230. The molecular weight excluding hydrogens is 488 g/mol. The van der Waals surface area contributed by atoms with Gasteiger partial charge in [0, 0.05) is 16.1 Å². The lowest BCUT2D eigenvalue weighted by Gasteiger charge is -2.09. The maximum Gasteiger partial charge on any atom is 0.344 e. The number of esters is 1. The maximum atomic E-state index is 12.9. The lowest BCUT2D eigenvalue weighted by atomic mass is 10.0. The van der Waals surface area contributed by atoms with Crippen LogP contribution in [0.15, 0.2) is 70.9 Å². The van der Waals surface area contributed by atoms with Crippen molar-refractivity contribution in [1.82, 2.24) is 0 Å². The summed E-state index contributed by atoms with van der Waals surface area (Å²) in [6.45, 7) is 1.72. The molecule has 1 heterocycles. The number of rotatable bonds is 7. The number of benzene rings is 3. The summed E-state index contributed by atoms with van der Waals surface area (Å²) in [7, 11) is 1.57. The van der Waals surface area contributed by atoms with Crippen molar-refractivity contribution < 1.29 is 28.5 Å². The third-order valence-electron chi connectivity index (χ3n) is 5.02. The number of aryl methyl sites for hydroxylation is 1. The summed E-state index contributed by atoms with van der Waals surface area (Å²) >= 11 is 3.43. The summed E-state index contributed by atoms with van der Waals surface area (Å²) in [4.78, 5) is 25.0. The summed E-state index contributed by atoms with van der Waals surface area (Å²) in [6, 6.07) is 18.2. The van der Waals surface area contributed by atoms with Gasteiger partial charge < -0.3 is 18.9 Å². The van der Waals surface area contributed by atoms with E-state index in [1.807, 2.05) is 42.5 Å². The molecule has 7 heteroatoms. The fraction of sp³-hybridized carbons (Fsp3) is 0.154. The standard InChI is InChI=1S/C26H21BrO6/c1-16-10-20(31-15-24(28)32-14-17-6-4-3-5-7-17)13-22-25(16)26(29)23(33-22)12-18-11-19(27)8-9-21(18)30-2/h3-13H,14-15H2,1-2H3/b23-12-. The first-order valence-electron chi connectivity index (χ1n) is 10.2. The zero-order valence-electron chi connectivity index (χ0n) is 18.1. The molecule has 0 fully saturated rings. The number of hydrogen-bond acceptors (Lipinski definition) is 6. The highest BCUT2D eigenvalue weighted by Crippen LogP contribution is 2.38. The molecular formula is C26H21BrO6. The minimum absolute atomic E-state index is 0.178. The average molecular weight is 509 g/mol. The van der Waals surface area contributed by atoms with Crippen LogP contribution in [-0.4, -0.2) is 25.5 Å². The van der Waals surface area contributed by atoms with Crippen LogP contribution >= 0.6 is 15.9 Å². The van der Waals surface area contributed by atoms with E-state index in [1.54, 1.807) is 38.3 Å². The summed E-state index contributed by atoms with van der Waals surface area (Å²) in [5.41, 5.74) is 2.76. The second kappa shape index (κ2) is 9.92. The fourth-order valence-corrected chi connectivity index (χ4v) is 3.82. The van der Waals surface area contributed by atoms with Crippen molar-refractivity contribution in [3.63, 3.8) is 0 Å². The van der Waals surface area contributed by atoms with Crippen LogP contribution in [0.25, 0.3) is 6.08 Å². The SMILES string of the molecule is COc1ccc(Br)cc1/C=C1\Oc2cc(OCC(=O)OCc3ccccc3)cc(C)c2C1=O. The Morgan fingerprint density at radius 1 is 1.09 bits per heavy atom. The van der Waals surface area contributed by atoms with Gasteiger partial charge in [0.05, 0.1) is 12.7 Å². The molecule has 0 atom stereocenters. The van der Waals surface area contributed by atoms with Gasteiger partial charge in [0.25, 0.3) is 0 Å². The lowest BCUT2D eigenvalue weighted by molar-refractivity contribution is -0.147. The van der Waals surface area contributed by atoms with Crippen molar-refractivity contribution in [3.05, 3.63) is 93.1 Å². The molecule has 0 N–H and O–H groups in total. The van der Waals surface area contributed by atoms with Crippen LogP contribution in [0.4, 0.5) is 0 Å². The Labute approximate surface area is 199 Å². The van der Waals surface area contributed by atoms with E-state index in [1.165, 1.54) is 0 Å². The first-order valence-corrected chi connectivity index (χ1v) is 11.0. The van der Waals surface area contributed by atoms with E-state index < -0.39 is 5.97 Å². The third kappa shape index (κ3) is 5.26. The maximum absolute atomic E-state index is 12.9. The van der Waals surface area contributed by atoms with E-state index >= 15 is 0 Å². The molecule has 0 aliphatic carbocycles. The fourth-order valence-electron chi connectivity index (χ4n) is 3.44. The molecule has 0 spiro atoms. The monoisotopic (exact) mass is 508 g/mol. The number of Topliss-reactive ketones (excluding diaryl/α,β-unsaturated/α-hetero) is 1. The molecule has 0 unspecified atom stereocenters. The Morgan fingerprint density at radius 2 is 1.88 bits per heavy atom. The van der Waals surface area contributed by atoms with Gasteiger partial charge in [-0.3, -0.25) is 4.79 Å². The van der Waals surface area contributed by atoms with E-state index in [-0.39, 0.29) is 24.8 Å². The van der Waals surface area contributed by atoms with Gasteiger partial charge in [0.2, 0.25) is 5.78 Å². The van der Waals surface area contributed by atoms with Crippen LogP contribution in [-0.2, 0) is 16.1 Å².